The Balaban J connectivity index is 1.66. The standard InChI is InChI=1S/C23H22N4O/c28-23-19-11-5-7-13-21(19)26-22(16-8-2-1-3-9-16)27(23)25-15-17-14-24-20-12-6-4-10-18(17)20/h4-7,10-16,24H,1-3,8-9H2. The minimum Gasteiger partial charge on any atom is -0.361 e. The number of nitrogens with zero attached hydrogens (tertiary/aromatic N) is 3. The summed E-state index contributed by atoms with van der Waals surface area (Å²) in [6, 6.07) is 15.6. The highest BCUT2D eigenvalue weighted by Crippen LogP contribution is 2.31. The summed E-state index contributed by atoms with van der Waals surface area (Å²) < 4.78 is 1.53. The number of H-pyrrole nitrogens is 1. The average molecular weight is 370 g/mol. The van der Waals surface area contributed by atoms with Gasteiger partial charge in [-0.25, -0.2) is 4.98 Å². The quantitative estimate of drug-likeness (QED) is 0.526. The maximum atomic E-state index is 13.2. The van der Waals surface area contributed by atoms with E-state index >= 15 is 0 Å². The molecule has 2 aromatic carbocycles. The average Bonchev–Trinajstić information content (AvgIpc) is 3.17. The number of benzene rings is 2. The molecule has 0 spiro atoms. The van der Waals surface area contributed by atoms with Crippen LogP contribution in [-0.2, 0) is 0 Å². The summed E-state index contributed by atoms with van der Waals surface area (Å²) in [6.45, 7) is 0. The third-order valence-corrected chi connectivity index (χ3v) is 5.68. The number of aromatic nitrogens is 3. The molecule has 5 rings (SSSR count). The Morgan fingerprint density at radius 1 is 1.00 bits per heavy atom. The van der Waals surface area contributed by atoms with Crippen LogP contribution in [0.25, 0.3) is 21.8 Å². The predicted octanol–water partition coefficient (Wildman–Crippen LogP) is 4.81. The van der Waals surface area contributed by atoms with Crippen molar-refractivity contribution in [2.24, 2.45) is 5.10 Å². The highest BCUT2D eigenvalue weighted by Gasteiger charge is 2.22. The normalized spacial score (nSPS) is 15.7. The summed E-state index contributed by atoms with van der Waals surface area (Å²) >= 11 is 0. The third-order valence-electron chi connectivity index (χ3n) is 5.68. The van der Waals surface area contributed by atoms with Gasteiger partial charge < -0.3 is 4.98 Å². The predicted molar refractivity (Wildman–Crippen MR) is 113 cm³/mol. The van der Waals surface area contributed by atoms with Crippen molar-refractivity contribution in [3.63, 3.8) is 0 Å². The van der Waals surface area contributed by atoms with Crippen LogP contribution in [0.4, 0.5) is 0 Å². The van der Waals surface area contributed by atoms with Gasteiger partial charge in [0.25, 0.3) is 5.56 Å². The fourth-order valence-corrected chi connectivity index (χ4v) is 4.20. The molecule has 2 heterocycles. The monoisotopic (exact) mass is 370 g/mol. The largest absolute Gasteiger partial charge is 0.361 e. The van der Waals surface area contributed by atoms with Gasteiger partial charge in [0.1, 0.15) is 5.82 Å². The SMILES string of the molecule is O=c1c2ccccc2nc(C2CCCCC2)n1N=Cc1c[nH]c2ccccc12. The van der Waals surface area contributed by atoms with E-state index in [-0.39, 0.29) is 11.5 Å². The molecule has 0 unspecified atom stereocenters. The Labute approximate surface area is 162 Å². The van der Waals surface area contributed by atoms with E-state index in [0.717, 1.165) is 40.6 Å². The number of fused-ring (bicyclic) bond motifs is 2. The van der Waals surface area contributed by atoms with Crippen molar-refractivity contribution in [1.29, 1.82) is 0 Å². The summed E-state index contributed by atoms with van der Waals surface area (Å²) in [5.41, 5.74) is 2.68. The van der Waals surface area contributed by atoms with Gasteiger partial charge in [-0.3, -0.25) is 4.79 Å². The van der Waals surface area contributed by atoms with Crippen LogP contribution in [0, 0.1) is 0 Å². The third kappa shape index (κ3) is 2.93. The molecule has 2 aromatic heterocycles. The van der Waals surface area contributed by atoms with Gasteiger partial charge in [-0.15, -0.1) is 0 Å². The maximum Gasteiger partial charge on any atom is 0.282 e. The van der Waals surface area contributed by atoms with Crippen LogP contribution in [0.5, 0.6) is 0 Å². The lowest BCUT2D eigenvalue weighted by atomic mass is 9.88. The Morgan fingerprint density at radius 3 is 2.61 bits per heavy atom. The molecular weight excluding hydrogens is 348 g/mol. The minimum absolute atomic E-state index is 0.0951. The summed E-state index contributed by atoms with van der Waals surface area (Å²) in [6.07, 6.45) is 9.43. The van der Waals surface area contributed by atoms with Crippen LogP contribution in [0.15, 0.2) is 64.6 Å². The number of para-hydroxylation sites is 2. The molecule has 1 saturated carbocycles. The van der Waals surface area contributed by atoms with Crippen LogP contribution in [0.2, 0.25) is 0 Å². The van der Waals surface area contributed by atoms with Crippen molar-refractivity contribution in [2.45, 2.75) is 38.0 Å². The summed E-state index contributed by atoms with van der Waals surface area (Å²) in [4.78, 5) is 21.3. The van der Waals surface area contributed by atoms with Gasteiger partial charge >= 0.3 is 0 Å². The van der Waals surface area contributed by atoms with E-state index in [2.05, 4.69) is 16.2 Å². The molecule has 0 bridgehead atoms. The van der Waals surface area contributed by atoms with Crippen LogP contribution in [0.3, 0.4) is 0 Å². The Bertz CT molecular complexity index is 1230. The molecule has 28 heavy (non-hydrogen) atoms. The van der Waals surface area contributed by atoms with E-state index in [4.69, 9.17) is 4.98 Å². The number of rotatable bonds is 3. The zero-order chi connectivity index (χ0) is 18.9. The molecule has 140 valence electrons. The molecule has 1 N–H and O–H groups in total. The van der Waals surface area contributed by atoms with Crippen molar-refractivity contribution in [3.8, 4) is 0 Å². The lowest BCUT2D eigenvalue weighted by molar-refractivity contribution is 0.416. The second-order valence-corrected chi connectivity index (χ2v) is 7.47. The molecule has 0 radical (unpaired) electrons. The molecule has 4 aromatic rings. The van der Waals surface area contributed by atoms with Gasteiger partial charge in [-0.05, 0) is 31.0 Å². The fourth-order valence-electron chi connectivity index (χ4n) is 4.20. The van der Waals surface area contributed by atoms with E-state index in [9.17, 15) is 4.79 Å². The molecule has 1 aliphatic rings. The van der Waals surface area contributed by atoms with Gasteiger partial charge in [0.15, 0.2) is 0 Å². The van der Waals surface area contributed by atoms with Crippen molar-refractivity contribution in [3.05, 3.63) is 76.5 Å². The molecule has 0 aliphatic heterocycles. The van der Waals surface area contributed by atoms with E-state index in [1.807, 2.05) is 48.7 Å². The first-order chi connectivity index (χ1) is 13.8. The summed E-state index contributed by atoms with van der Waals surface area (Å²) in [5, 5.41) is 6.32. The molecule has 1 aliphatic carbocycles. The molecule has 0 atom stereocenters. The minimum atomic E-state index is -0.0951. The number of hydrogen-bond acceptors (Lipinski definition) is 3. The summed E-state index contributed by atoms with van der Waals surface area (Å²) in [7, 11) is 0. The van der Waals surface area contributed by atoms with Crippen molar-refractivity contribution >= 4 is 28.0 Å². The van der Waals surface area contributed by atoms with Crippen molar-refractivity contribution in [2.75, 3.05) is 0 Å². The van der Waals surface area contributed by atoms with Crippen LogP contribution < -0.4 is 5.56 Å². The highest BCUT2D eigenvalue weighted by molar-refractivity contribution is 5.98. The second-order valence-electron chi connectivity index (χ2n) is 7.47. The van der Waals surface area contributed by atoms with E-state index < -0.39 is 0 Å². The first kappa shape index (κ1) is 16.9. The van der Waals surface area contributed by atoms with Crippen LogP contribution in [0.1, 0.15) is 49.4 Å². The van der Waals surface area contributed by atoms with E-state index in [1.54, 1.807) is 6.21 Å². The van der Waals surface area contributed by atoms with E-state index in [1.165, 1.54) is 23.9 Å². The van der Waals surface area contributed by atoms with Crippen LogP contribution in [-0.4, -0.2) is 20.9 Å². The lowest BCUT2D eigenvalue weighted by Crippen LogP contribution is -2.25. The van der Waals surface area contributed by atoms with Gasteiger partial charge in [0.2, 0.25) is 0 Å². The van der Waals surface area contributed by atoms with Crippen molar-refractivity contribution in [1.82, 2.24) is 14.6 Å². The smallest absolute Gasteiger partial charge is 0.282 e. The van der Waals surface area contributed by atoms with Gasteiger partial charge in [0.05, 0.1) is 17.1 Å². The first-order valence-electron chi connectivity index (χ1n) is 9.93. The molecular formula is C23H22N4O. The topological polar surface area (TPSA) is 63.0 Å². The number of nitrogens with one attached hydrogen (secondary N) is 1. The van der Waals surface area contributed by atoms with Gasteiger partial charge in [-0.2, -0.15) is 9.78 Å². The second kappa shape index (κ2) is 7.08. The molecule has 0 amide bonds. The Morgan fingerprint density at radius 2 is 1.75 bits per heavy atom. The van der Waals surface area contributed by atoms with E-state index in [0.29, 0.717) is 5.39 Å². The van der Waals surface area contributed by atoms with Gasteiger partial charge in [-0.1, -0.05) is 49.6 Å². The highest BCUT2D eigenvalue weighted by atomic mass is 16.1. The first-order valence-corrected chi connectivity index (χ1v) is 9.93. The Hall–Kier alpha value is -3.21. The molecule has 5 heteroatoms. The lowest BCUT2D eigenvalue weighted by Gasteiger charge is -2.22. The fraction of sp³-hybridized carbons (Fsp3) is 0.261. The molecule has 1 fully saturated rings. The van der Waals surface area contributed by atoms with Gasteiger partial charge in [0, 0.05) is 28.6 Å². The number of hydrogen-bond donors (Lipinski definition) is 1. The number of aromatic amines is 1. The zero-order valence-electron chi connectivity index (χ0n) is 15.6. The summed E-state index contributed by atoms with van der Waals surface area (Å²) in [5.74, 6) is 1.07. The molecule has 0 saturated heterocycles. The van der Waals surface area contributed by atoms with Crippen LogP contribution >= 0.6 is 0 Å². The molecule has 5 nitrogen and oxygen atoms in total. The zero-order valence-corrected chi connectivity index (χ0v) is 15.6. The van der Waals surface area contributed by atoms with Crippen molar-refractivity contribution < 1.29 is 0 Å². The Kier molecular flexibility index (Phi) is 4.28. The maximum absolute atomic E-state index is 13.2.